The van der Waals surface area contributed by atoms with Crippen molar-refractivity contribution in [1.82, 2.24) is 15.5 Å². The first kappa shape index (κ1) is 18.7. The van der Waals surface area contributed by atoms with Crippen LogP contribution in [-0.4, -0.2) is 28.1 Å². The molecule has 1 aromatic heterocycles. The van der Waals surface area contributed by atoms with Crippen molar-refractivity contribution in [2.24, 2.45) is 0 Å². The van der Waals surface area contributed by atoms with Gasteiger partial charge in [0.2, 0.25) is 11.0 Å². The van der Waals surface area contributed by atoms with Crippen molar-refractivity contribution in [2.45, 2.75) is 19.9 Å². The summed E-state index contributed by atoms with van der Waals surface area (Å²) in [5, 5.41) is 14.2. The van der Waals surface area contributed by atoms with Gasteiger partial charge in [0, 0.05) is 11.1 Å². The molecule has 1 atom stereocenters. The number of rotatable bonds is 5. The summed E-state index contributed by atoms with van der Waals surface area (Å²) < 4.78 is 13.2. The zero-order chi connectivity index (χ0) is 19.4. The minimum absolute atomic E-state index is 0.146. The Hall–Kier alpha value is -3.13. The molecule has 0 aliphatic rings. The summed E-state index contributed by atoms with van der Waals surface area (Å²) >= 11 is 1.24. The van der Waals surface area contributed by atoms with Crippen molar-refractivity contribution in [2.75, 3.05) is 5.32 Å². The Labute approximate surface area is 159 Å². The molecular weight excluding hydrogens is 367 g/mol. The van der Waals surface area contributed by atoms with E-state index in [0.717, 1.165) is 17.2 Å². The van der Waals surface area contributed by atoms with Crippen molar-refractivity contribution in [1.29, 1.82) is 0 Å². The van der Waals surface area contributed by atoms with Crippen molar-refractivity contribution in [3.05, 3.63) is 65.5 Å². The van der Waals surface area contributed by atoms with E-state index in [9.17, 15) is 14.0 Å². The predicted octanol–water partition coefficient (Wildman–Crippen LogP) is 3.41. The lowest BCUT2D eigenvalue weighted by molar-refractivity contribution is -0.117. The molecule has 0 unspecified atom stereocenters. The number of nitrogens with one attached hydrogen (secondary N) is 2. The van der Waals surface area contributed by atoms with Crippen LogP contribution in [0.3, 0.4) is 0 Å². The smallest absolute Gasteiger partial charge is 0.252 e. The number of hydrogen-bond acceptors (Lipinski definition) is 5. The Morgan fingerprint density at radius 2 is 1.85 bits per heavy atom. The Kier molecular flexibility index (Phi) is 5.56. The predicted molar refractivity (Wildman–Crippen MR) is 102 cm³/mol. The van der Waals surface area contributed by atoms with Crippen LogP contribution in [0.25, 0.3) is 10.6 Å². The number of hydrogen-bond donors (Lipinski definition) is 2. The van der Waals surface area contributed by atoms with Gasteiger partial charge < -0.3 is 5.32 Å². The van der Waals surface area contributed by atoms with Crippen molar-refractivity contribution in [3.63, 3.8) is 0 Å². The van der Waals surface area contributed by atoms with Crippen LogP contribution in [0, 0.1) is 12.7 Å². The zero-order valence-electron chi connectivity index (χ0n) is 14.7. The molecule has 0 fully saturated rings. The van der Waals surface area contributed by atoms with Crippen molar-refractivity contribution >= 4 is 28.3 Å². The molecule has 3 rings (SSSR count). The topological polar surface area (TPSA) is 84.0 Å². The second kappa shape index (κ2) is 8.05. The molecule has 0 spiro atoms. The Morgan fingerprint density at radius 3 is 2.56 bits per heavy atom. The third-order valence-corrected chi connectivity index (χ3v) is 4.67. The highest BCUT2D eigenvalue weighted by atomic mass is 32.1. The van der Waals surface area contributed by atoms with Gasteiger partial charge in [-0.2, -0.15) is 0 Å². The number of benzene rings is 2. The normalized spacial score (nSPS) is 11.7. The van der Waals surface area contributed by atoms with Gasteiger partial charge in [-0.1, -0.05) is 47.2 Å². The van der Waals surface area contributed by atoms with Gasteiger partial charge in [-0.15, -0.1) is 10.2 Å². The quantitative estimate of drug-likeness (QED) is 0.706. The maximum atomic E-state index is 13.2. The van der Waals surface area contributed by atoms with E-state index in [-0.39, 0.29) is 5.56 Å². The van der Waals surface area contributed by atoms with Crippen molar-refractivity contribution < 1.29 is 14.0 Å². The highest BCUT2D eigenvalue weighted by Crippen LogP contribution is 2.26. The fourth-order valence-corrected chi connectivity index (χ4v) is 3.03. The Balaban J connectivity index is 1.61. The first-order valence-corrected chi connectivity index (χ1v) is 9.02. The van der Waals surface area contributed by atoms with Crippen molar-refractivity contribution in [3.8, 4) is 10.6 Å². The summed E-state index contributed by atoms with van der Waals surface area (Å²) in [6, 6.07) is 12.2. The van der Waals surface area contributed by atoms with Gasteiger partial charge in [-0.05, 0) is 32.0 Å². The summed E-state index contributed by atoms with van der Waals surface area (Å²) in [4.78, 5) is 24.4. The van der Waals surface area contributed by atoms with Gasteiger partial charge in [-0.3, -0.25) is 14.9 Å². The molecule has 2 N–H and O–H groups in total. The standard InChI is InChI=1S/C19H17FN4O2S/c1-11-6-8-13(9-7-11)18-23-24-19(27-18)22-16(25)12(2)21-17(26)14-4-3-5-15(20)10-14/h3-10,12H,1-2H3,(H,21,26)(H,22,24,25)/t12-/m0/s1. The first-order valence-electron chi connectivity index (χ1n) is 8.20. The molecule has 138 valence electrons. The number of aromatic nitrogens is 2. The number of nitrogens with zero attached hydrogens (tertiary/aromatic N) is 2. The lowest BCUT2D eigenvalue weighted by atomic mass is 10.2. The van der Waals surface area contributed by atoms with Crippen LogP contribution in [0.2, 0.25) is 0 Å². The lowest BCUT2D eigenvalue weighted by Gasteiger charge is -2.12. The largest absolute Gasteiger partial charge is 0.341 e. The van der Waals surface area contributed by atoms with Gasteiger partial charge in [0.1, 0.15) is 16.9 Å². The Bertz CT molecular complexity index is 972. The fourth-order valence-electron chi connectivity index (χ4n) is 2.28. The van der Waals surface area contributed by atoms with E-state index in [0.29, 0.717) is 10.1 Å². The number of halogens is 1. The summed E-state index contributed by atoms with van der Waals surface area (Å²) in [6.45, 7) is 3.53. The summed E-state index contributed by atoms with van der Waals surface area (Å²) in [7, 11) is 0. The minimum Gasteiger partial charge on any atom is -0.341 e. The summed E-state index contributed by atoms with van der Waals surface area (Å²) in [5.74, 6) is -1.49. The van der Waals surface area contributed by atoms with Crippen LogP contribution in [-0.2, 0) is 4.79 Å². The summed E-state index contributed by atoms with van der Waals surface area (Å²) in [6.07, 6.45) is 0. The maximum Gasteiger partial charge on any atom is 0.252 e. The molecule has 6 nitrogen and oxygen atoms in total. The molecule has 3 aromatic rings. The van der Waals surface area contributed by atoms with E-state index in [1.807, 2.05) is 31.2 Å². The van der Waals surface area contributed by atoms with E-state index in [2.05, 4.69) is 20.8 Å². The SMILES string of the molecule is Cc1ccc(-c2nnc(NC(=O)[C@H](C)NC(=O)c3cccc(F)c3)s2)cc1. The van der Waals surface area contributed by atoms with Gasteiger partial charge in [0.25, 0.3) is 5.91 Å². The molecule has 0 aliphatic heterocycles. The van der Waals surface area contributed by atoms with Gasteiger partial charge in [0.05, 0.1) is 0 Å². The molecule has 0 radical (unpaired) electrons. The van der Waals surface area contributed by atoms with Crippen LogP contribution >= 0.6 is 11.3 Å². The molecular formula is C19H17FN4O2S. The summed E-state index contributed by atoms with van der Waals surface area (Å²) in [5.41, 5.74) is 2.19. The fraction of sp³-hybridized carbons (Fsp3) is 0.158. The highest BCUT2D eigenvalue weighted by molar-refractivity contribution is 7.18. The molecule has 0 bridgehead atoms. The molecule has 1 heterocycles. The molecule has 8 heteroatoms. The highest BCUT2D eigenvalue weighted by Gasteiger charge is 2.18. The van der Waals surface area contributed by atoms with Crippen LogP contribution in [0.15, 0.2) is 48.5 Å². The molecule has 2 aromatic carbocycles. The number of carbonyl (C=O) groups excluding carboxylic acids is 2. The van der Waals surface area contributed by atoms with Gasteiger partial charge in [0.15, 0.2) is 0 Å². The molecule has 2 amide bonds. The Morgan fingerprint density at radius 1 is 1.11 bits per heavy atom. The van der Waals surface area contributed by atoms with Gasteiger partial charge >= 0.3 is 0 Å². The number of aryl methyl sites for hydroxylation is 1. The van der Waals surface area contributed by atoms with E-state index in [1.165, 1.54) is 36.5 Å². The monoisotopic (exact) mass is 384 g/mol. The molecule has 0 saturated heterocycles. The first-order chi connectivity index (χ1) is 12.9. The number of carbonyl (C=O) groups is 2. The lowest BCUT2D eigenvalue weighted by Crippen LogP contribution is -2.41. The number of amides is 2. The second-order valence-electron chi connectivity index (χ2n) is 5.97. The number of anilines is 1. The van der Waals surface area contributed by atoms with Crippen LogP contribution in [0.5, 0.6) is 0 Å². The van der Waals surface area contributed by atoms with E-state index < -0.39 is 23.7 Å². The minimum atomic E-state index is -0.826. The second-order valence-corrected chi connectivity index (χ2v) is 6.95. The van der Waals surface area contributed by atoms with E-state index >= 15 is 0 Å². The molecule has 27 heavy (non-hydrogen) atoms. The van der Waals surface area contributed by atoms with Crippen LogP contribution < -0.4 is 10.6 Å². The molecule has 0 saturated carbocycles. The van der Waals surface area contributed by atoms with Crippen LogP contribution in [0.4, 0.5) is 9.52 Å². The van der Waals surface area contributed by atoms with E-state index in [1.54, 1.807) is 0 Å². The van der Waals surface area contributed by atoms with Gasteiger partial charge in [-0.25, -0.2) is 4.39 Å². The average molecular weight is 384 g/mol. The molecule has 0 aliphatic carbocycles. The third-order valence-electron chi connectivity index (χ3n) is 3.78. The van der Waals surface area contributed by atoms with E-state index in [4.69, 9.17) is 0 Å². The zero-order valence-corrected chi connectivity index (χ0v) is 15.5. The maximum absolute atomic E-state index is 13.2. The average Bonchev–Trinajstić information content (AvgIpc) is 3.10. The third kappa shape index (κ3) is 4.73. The van der Waals surface area contributed by atoms with Crippen LogP contribution in [0.1, 0.15) is 22.8 Å².